The van der Waals surface area contributed by atoms with Gasteiger partial charge in [-0.3, -0.25) is 4.79 Å². The average molecular weight is 169 g/mol. The van der Waals surface area contributed by atoms with Crippen molar-refractivity contribution in [2.24, 2.45) is 0 Å². The van der Waals surface area contributed by atoms with Crippen LogP contribution in [0.3, 0.4) is 0 Å². The van der Waals surface area contributed by atoms with Gasteiger partial charge in [0.15, 0.2) is 0 Å². The lowest BCUT2D eigenvalue weighted by Gasteiger charge is -2.19. The highest BCUT2D eigenvalue weighted by Gasteiger charge is 2.11. The minimum Gasteiger partial charge on any atom is -0.343 e. The van der Waals surface area contributed by atoms with Gasteiger partial charge in [-0.2, -0.15) is 0 Å². The number of amides is 1. The smallest absolute Gasteiger partial charge is 0.222 e. The Morgan fingerprint density at radius 1 is 1.17 bits per heavy atom. The summed E-state index contributed by atoms with van der Waals surface area (Å²) in [5.74, 6) is 0.361. The third kappa shape index (κ3) is 2.84. The summed E-state index contributed by atoms with van der Waals surface area (Å²) >= 11 is 0. The van der Waals surface area contributed by atoms with E-state index in [0.717, 1.165) is 25.9 Å². The van der Waals surface area contributed by atoms with Crippen LogP contribution in [0.1, 0.15) is 45.4 Å². The Morgan fingerprint density at radius 3 is 2.58 bits per heavy atom. The van der Waals surface area contributed by atoms with Crippen LogP contribution in [0.2, 0.25) is 0 Å². The van der Waals surface area contributed by atoms with Crippen molar-refractivity contribution in [3.63, 3.8) is 0 Å². The zero-order valence-electron chi connectivity index (χ0n) is 8.01. The summed E-state index contributed by atoms with van der Waals surface area (Å²) in [6.45, 7) is 3.93. The molecule has 0 saturated carbocycles. The third-order valence-electron chi connectivity index (χ3n) is 2.55. The summed E-state index contributed by atoms with van der Waals surface area (Å²) in [5, 5.41) is 0. The molecule has 0 unspecified atom stereocenters. The van der Waals surface area contributed by atoms with Gasteiger partial charge in [-0.1, -0.05) is 19.3 Å². The number of hydrogen-bond donors (Lipinski definition) is 0. The Kier molecular flexibility index (Phi) is 4.12. The monoisotopic (exact) mass is 169 g/mol. The van der Waals surface area contributed by atoms with Crippen LogP contribution in [0, 0.1) is 0 Å². The molecule has 0 aromatic rings. The molecule has 0 aromatic carbocycles. The molecule has 1 aliphatic heterocycles. The van der Waals surface area contributed by atoms with Crippen molar-refractivity contribution in [1.29, 1.82) is 0 Å². The Bertz CT molecular complexity index is 145. The lowest BCUT2D eigenvalue weighted by molar-refractivity contribution is -0.131. The first-order valence-electron chi connectivity index (χ1n) is 5.12. The second-order valence-electron chi connectivity index (χ2n) is 3.49. The van der Waals surface area contributed by atoms with Gasteiger partial charge >= 0.3 is 0 Å². The molecular weight excluding hydrogens is 150 g/mol. The first kappa shape index (κ1) is 9.56. The largest absolute Gasteiger partial charge is 0.343 e. The molecule has 0 atom stereocenters. The van der Waals surface area contributed by atoms with E-state index in [1.54, 1.807) is 0 Å². The summed E-state index contributed by atoms with van der Waals surface area (Å²) in [5.41, 5.74) is 0. The van der Waals surface area contributed by atoms with Crippen LogP contribution in [-0.4, -0.2) is 23.9 Å². The number of hydrogen-bond acceptors (Lipinski definition) is 1. The van der Waals surface area contributed by atoms with Gasteiger partial charge in [0.2, 0.25) is 5.91 Å². The Morgan fingerprint density at radius 2 is 1.83 bits per heavy atom. The molecule has 1 saturated heterocycles. The predicted octanol–water partition coefficient (Wildman–Crippen LogP) is 2.19. The van der Waals surface area contributed by atoms with E-state index < -0.39 is 0 Å². The van der Waals surface area contributed by atoms with E-state index in [4.69, 9.17) is 0 Å². The van der Waals surface area contributed by atoms with E-state index in [2.05, 4.69) is 6.92 Å². The average Bonchev–Trinajstić information content (AvgIpc) is 2.17. The summed E-state index contributed by atoms with van der Waals surface area (Å²) in [6, 6.07) is 0. The second kappa shape index (κ2) is 5.18. The van der Waals surface area contributed by atoms with E-state index in [1.165, 1.54) is 25.7 Å². The van der Waals surface area contributed by atoms with Crippen LogP contribution in [0.25, 0.3) is 0 Å². The minimum absolute atomic E-state index is 0.361. The SMILES string of the molecule is CCN1CCCCCCCC1=O. The first-order valence-corrected chi connectivity index (χ1v) is 5.12. The van der Waals surface area contributed by atoms with Crippen LogP contribution >= 0.6 is 0 Å². The van der Waals surface area contributed by atoms with Gasteiger partial charge in [0.25, 0.3) is 0 Å². The molecule has 0 aromatic heterocycles. The Hall–Kier alpha value is -0.530. The molecular formula is C10H19NO. The molecule has 1 aliphatic rings. The molecule has 0 radical (unpaired) electrons. The van der Waals surface area contributed by atoms with E-state index in [0.29, 0.717) is 5.91 Å². The predicted molar refractivity (Wildman–Crippen MR) is 50.0 cm³/mol. The van der Waals surface area contributed by atoms with Gasteiger partial charge in [-0.15, -0.1) is 0 Å². The second-order valence-corrected chi connectivity index (χ2v) is 3.49. The number of nitrogens with zero attached hydrogens (tertiary/aromatic N) is 1. The van der Waals surface area contributed by atoms with Gasteiger partial charge in [0.1, 0.15) is 0 Å². The molecule has 1 fully saturated rings. The van der Waals surface area contributed by atoms with E-state index in [9.17, 15) is 4.79 Å². The summed E-state index contributed by atoms with van der Waals surface area (Å²) in [4.78, 5) is 13.5. The van der Waals surface area contributed by atoms with E-state index in [1.807, 2.05) is 4.90 Å². The van der Waals surface area contributed by atoms with Gasteiger partial charge in [-0.05, 0) is 19.8 Å². The quantitative estimate of drug-likeness (QED) is 0.589. The third-order valence-corrected chi connectivity index (χ3v) is 2.55. The highest BCUT2D eigenvalue weighted by Crippen LogP contribution is 2.11. The molecule has 2 heteroatoms. The number of carbonyl (C=O) groups is 1. The van der Waals surface area contributed by atoms with E-state index >= 15 is 0 Å². The van der Waals surface area contributed by atoms with Gasteiger partial charge < -0.3 is 4.90 Å². The van der Waals surface area contributed by atoms with Crippen LogP contribution in [0.5, 0.6) is 0 Å². The molecule has 1 amide bonds. The normalized spacial score (nSPS) is 21.4. The van der Waals surface area contributed by atoms with Crippen LogP contribution in [-0.2, 0) is 4.79 Å². The Labute approximate surface area is 74.9 Å². The summed E-state index contributed by atoms with van der Waals surface area (Å²) in [7, 11) is 0. The molecule has 0 bridgehead atoms. The fourth-order valence-corrected chi connectivity index (χ4v) is 1.73. The van der Waals surface area contributed by atoms with Gasteiger partial charge in [0.05, 0.1) is 0 Å². The Balaban J connectivity index is 2.41. The van der Waals surface area contributed by atoms with Crippen molar-refractivity contribution in [3.05, 3.63) is 0 Å². The molecule has 1 rings (SSSR count). The molecule has 0 N–H and O–H groups in total. The standard InChI is InChI=1S/C10H19NO/c1-2-11-9-7-5-3-4-6-8-10(11)12/h2-9H2,1H3. The fraction of sp³-hybridized carbons (Fsp3) is 0.900. The van der Waals surface area contributed by atoms with Gasteiger partial charge in [-0.25, -0.2) is 0 Å². The molecule has 2 nitrogen and oxygen atoms in total. The zero-order valence-corrected chi connectivity index (χ0v) is 8.01. The highest BCUT2D eigenvalue weighted by molar-refractivity contribution is 5.76. The summed E-state index contributed by atoms with van der Waals surface area (Å²) < 4.78 is 0. The van der Waals surface area contributed by atoms with Gasteiger partial charge in [0, 0.05) is 19.5 Å². The first-order chi connectivity index (χ1) is 5.84. The maximum atomic E-state index is 11.5. The molecule has 0 aliphatic carbocycles. The fourth-order valence-electron chi connectivity index (χ4n) is 1.73. The van der Waals surface area contributed by atoms with Crippen molar-refractivity contribution in [1.82, 2.24) is 4.90 Å². The maximum absolute atomic E-state index is 11.5. The van der Waals surface area contributed by atoms with Crippen molar-refractivity contribution in [3.8, 4) is 0 Å². The van der Waals surface area contributed by atoms with Crippen LogP contribution in [0.4, 0.5) is 0 Å². The van der Waals surface area contributed by atoms with Crippen molar-refractivity contribution < 1.29 is 4.79 Å². The molecule has 70 valence electrons. The van der Waals surface area contributed by atoms with Crippen molar-refractivity contribution >= 4 is 5.91 Å². The zero-order chi connectivity index (χ0) is 8.81. The van der Waals surface area contributed by atoms with Crippen LogP contribution in [0.15, 0.2) is 0 Å². The maximum Gasteiger partial charge on any atom is 0.222 e. The lowest BCUT2D eigenvalue weighted by atomic mass is 10.1. The molecule has 12 heavy (non-hydrogen) atoms. The highest BCUT2D eigenvalue weighted by atomic mass is 16.2. The lowest BCUT2D eigenvalue weighted by Crippen LogP contribution is -2.31. The topological polar surface area (TPSA) is 20.3 Å². The number of carbonyl (C=O) groups excluding carboxylic acids is 1. The van der Waals surface area contributed by atoms with E-state index in [-0.39, 0.29) is 0 Å². The molecule has 1 heterocycles. The summed E-state index contributed by atoms with van der Waals surface area (Å²) in [6.07, 6.45) is 6.90. The van der Waals surface area contributed by atoms with Crippen molar-refractivity contribution in [2.45, 2.75) is 45.4 Å². The van der Waals surface area contributed by atoms with Crippen LogP contribution < -0.4 is 0 Å². The number of rotatable bonds is 1. The van der Waals surface area contributed by atoms with Crippen molar-refractivity contribution in [2.75, 3.05) is 13.1 Å². The molecule has 0 spiro atoms. The minimum atomic E-state index is 0.361.